The van der Waals surface area contributed by atoms with Crippen LogP contribution in [0, 0.1) is 0 Å². The zero-order valence-electron chi connectivity index (χ0n) is 19.2. The molecule has 0 aliphatic carbocycles. The van der Waals surface area contributed by atoms with Crippen molar-refractivity contribution >= 4 is 33.2 Å². The van der Waals surface area contributed by atoms with Crippen molar-refractivity contribution < 1.29 is 27.4 Å². The summed E-state index contributed by atoms with van der Waals surface area (Å²) in [4.78, 5) is 13.1. The fraction of sp³-hybridized carbons (Fsp3) is 0.240. The lowest BCUT2D eigenvalue weighted by Crippen LogP contribution is -2.41. The third kappa shape index (κ3) is 5.47. The van der Waals surface area contributed by atoms with Crippen LogP contribution in [0.2, 0.25) is 5.02 Å². The first-order chi connectivity index (χ1) is 16.8. The third-order valence-corrected chi connectivity index (χ3v) is 7.57. The largest absolute Gasteiger partial charge is 0.495 e. The Hall–Kier alpha value is -3.43. The van der Waals surface area contributed by atoms with Gasteiger partial charge in [-0.2, -0.15) is 0 Å². The summed E-state index contributed by atoms with van der Waals surface area (Å²) in [5.41, 5.74) is 1.04. The summed E-state index contributed by atoms with van der Waals surface area (Å²) in [5.74, 6) is 1.16. The molecule has 0 bridgehead atoms. The van der Waals surface area contributed by atoms with Crippen molar-refractivity contribution in [3.63, 3.8) is 0 Å². The van der Waals surface area contributed by atoms with Crippen molar-refractivity contribution in [1.29, 1.82) is 0 Å². The van der Waals surface area contributed by atoms with E-state index in [0.717, 1.165) is 9.87 Å². The number of rotatable bonds is 8. The van der Waals surface area contributed by atoms with Crippen LogP contribution >= 0.6 is 11.6 Å². The minimum atomic E-state index is -4.06. The molecule has 8 nitrogen and oxygen atoms in total. The Morgan fingerprint density at radius 2 is 1.77 bits per heavy atom. The van der Waals surface area contributed by atoms with E-state index in [2.05, 4.69) is 5.32 Å². The first-order valence-corrected chi connectivity index (χ1v) is 12.7. The predicted molar refractivity (Wildman–Crippen MR) is 133 cm³/mol. The lowest BCUT2D eigenvalue weighted by molar-refractivity contribution is -0.120. The number of carbonyl (C=O) groups is 1. The maximum Gasteiger partial charge on any atom is 0.264 e. The normalized spacial score (nSPS) is 13.6. The Bertz CT molecular complexity index is 1320. The van der Waals surface area contributed by atoms with Crippen LogP contribution in [-0.4, -0.2) is 41.2 Å². The minimum absolute atomic E-state index is 0.0552. The first kappa shape index (κ1) is 24.7. The van der Waals surface area contributed by atoms with Crippen molar-refractivity contribution in [2.24, 2.45) is 0 Å². The predicted octanol–water partition coefficient (Wildman–Crippen LogP) is 4.19. The van der Waals surface area contributed by atoms with Crippen LogP contribution in [0.15, 0.2) is 71.6 Å². The molecule has 10 heteroatoms. The molecule has 0 aromatic heterocycles. The average Bonchev–Trinajstić information content (AvgIpc) is 2.87. The summed E-state index contributed by atoms with van der Waals surface area (Å²) in [6.45, 7) is 2.30. The summed E-state index contributed by atoms with van der Waals surface area (Å²) < 4.78 is 44.3. The number of benzene rings is 3. The molecule has 0 saturated carbocycles. The third-order valence-electron chi connectivity index (χ3n) is 5.49. The highest BCUT2D eigenvalue weighted by molar-refractivity contribution is 7.92. The van der Waals surface area contributed by atoms with Gasteiger partial charge >= 0.3 is 0 Å². The summed E-state index contributed by atoms with van der Waals surface area (Å²) >= 11 is 6.26. The maximum absolute atomic E-state index is 13.5. The number of carbonyl (C=O) groups excluding carboxylic acids is 1. The molecule has 0 unspecified atom stereocenters. The van der Waals surface area contributed by atoms with Gasteiger partial charge in [0, 0.05) is 0 Å². The van der Waals surface area contributed by atoms with Crippen LogP contribution in [0.5, 0.6) is 17.2 Å². The second-order valence-electron chi connectivity index (χ2n) is 7.84. The molecule has 1 N–H and O–H groups in total. The summed E-state index contributed by atoms with van der Waals surface area (Å²) in [5, 5.41) is 3.09. The smallest absolute Gasteiger partial charge is 0.264 e. The lowest BCUT2D eigenvalue weighted by Gasteiger charge is -2.26. The highest BCUT2D eigenvalue weighted by atomic mass is 35.5. The maximum atomic E-state index is 13.5. The molecule has 0 radical (unpaired) electrons. The molecule has 1 heterocycles. The van der Waals surface area contributed by atoms with E-state index in [1.807, 2.05) is 13.0 Å². The van der Waals surface area contributed by atoms with E-state index in [0.29, 0.717) is 30.5 Å². The number of halogens is 1. The second-order valence-corrected chi connectivity index (χ2v) is 10.1. The standard InChI is InChI=1S/C25H25ClN2O6S/c1-17(18-8-10-23-24(14-18)34-13-12-33-23)27-25(29)16-28(19-9-11-22(32-2)21(26)15-19)35(30,31)20-6-4-3-5-7-20/h3-11,14-15,17H,12-13,16H2,1-2H3,(H,27,29)/t17-/m0/s1. The van der Waals surface area contributed by atoms with Gasteiger partial charge in [-0.1, -0.05) is 35.9 Å². The Balaban J connectivity index is 1.59. The minimum Gasteiger partial charge on any atom is -0.495 e. The van der Waals surface area contributed by atoms with Gasteiger partial charge in [0.05, 0.1) is 28.8 Å². The number of fused-ring (bicyclic) bond motifs is 1. The van der Waals surface area contributed by atoms with E-state index >= 15 is 0 Å². The molecular weight excluding hydrogens is 492 g/mol. The number of ether oxygens (including phenoxy) is 3. The topological polar surface area (TPSA) is 94.2 Å². The van der Waals surface area contributed by atoms with Gasteiger partial charge in [0.25, 0.3) is 10.0 Å². The van der Waals surface area contributed by atoms with Crippen LogP contribution in [0.4, 0.5) is 5.69 Å². The molecule has 3 aromatic rings. The Morgan fingerprint density at radius 3 is 2.46 bits per heavy atom. The summed E-state index contributed by atoms with van der Waals surface area (Å²) in [6.07, 6.45) is 0. The van der Waals surface area contributed by atoms with Crippen molar-refractivity contribution in [3.05, 3.63) is 77.3 Å². The first-order valence-electron chi connectivity index (χ1n) is 10.9. The Kier molecular flexibility index (Phi) is 7.37. The van der Waals surface area contributed by atoms with Gasteiger partial charge in [0.15, 0.2) is 11.5 Å². The number of nitrogens with zero attached hydrogens (tertiary/aromatic N) is 1. The van der Waals surface area contributed by atoms with Crippen LogP contribution in [-0.2, 0) is 14.8 Å². The fourth-order valence-electron chi connectivity index (χ4n) is 3.68. The molecular formula is C25H25ClN2O6S. The number of hydrogen-bond donors (Lipinski definition) is 1. The molecule has 3 aromatic carbocycles. The molecule has 1 amide bonds. The molecule has 0 spiro atoms. The van der Waals surface area contributed by atoms with E-state index in [4.69, 9.17) is 25.8 Å². The molecule has 35 heavy (non-hydrogen) atoms. The lowest BCUT2D eigenvalue weighted by atomic mass is 10.1. The molecule has 1 aliphatic rings. The van der Waals surface area contributed by atoms with Crippen LogP contribution in [0.1, 0.15) is 18.5 Å². The second kappa shape index (κ2) is 10.5. The molecule has 0 saturated heterocycles. The van der Waals surface area contributed by atoms with E-state index in [9.17, 15) is 13.2 Å². The van der Waals surface area contributed by atoms with Gasteiger partial charge in [-0.3, -0.25) is 9.10 Å². The zero-order valence-corrected chi connectivity index (χ0v) is 20.8. The summed E-state index contributed by atoms with van der Waals surface area (Å²) in [6, 6.07) is 17.5. The van der Waals surface area contributed by atoms with E-state index in [1.54, 1.807) is 42.5 Å². The van der Waals surface area contributed by atoms with E-state index in [-0.39, 0.29) is 15.6 Å². The monoisotopic (exact) mass is 516 g/mol. The van der Waals surface area contributed by atoms with Crippen molar-refractivity contribution in [1.82, 2.24) is 5.32 Å². The van der Waals surface area contributed by atoms with Gasteiger partial charge in [-0.25, -0.2) is 8.42 Å². The van der Waals surface area contributed by atoms with Crippen LogP contribution in [0.3, 0.4) is 0 Å². The van der Waals surface area contributed by atoms with Crippen molar-refractivity contribution in [3.8, 4) is 17.2 Å². The van der Waals surface area contributed by atoms with E-state index in [1.165, 1.54) is 25.3 Å². The zero-order chi connectivity index (χ0) is 25.0. The van der Waals surface area contributed by atoms with E-state index < -0.39 is 28.5 Å². The van der Waals surface area contributed by atoms with Gasteiger partial charge in [0.2, 0.25) is 5.91 Å². The number of anilines is 1. The molecule has 1 aliphatic heterocycles. The average molecular weight is 517 g/mol. The van der Waals surface area contributed by atoms with Gasteiger partial charge in [-0.05, 0) is 55.0 Å². The molecule has 1 atom stereocenters. The Morgan fingerprint density at radius 1 is 1.06 bits per heavy atom. The summed E-state index contributed by atoms with van der Waals surface area (Å²) in [7, 11) is -2.60. The quantitative estimate of drug-likeness (QED) is 0.482. The van der Waals surface area contributed by atoms with Gasteiger partial charge in [-0.15, -0.1) is 0 Å². The SMILES string of the molecule is COc1ccc(N(CC(=O)N[C@@H](C)c2ccc3c(c2)OCCO3)S(=O)(=O)c2ccccc2)cc1Cl. The number of hydrogen-bond acceptors (Lipinski definition) is 6. The highest BCUT2D eigenvalue weighted by Crippen LogP contribution is 2.33. The Labute approximate surface area is 209 Å². The number of methoxy groups -OCH3 is 1. The molecule has 184 valence electrons. The van der Waals surface area contributed by atoms with Crippen molar-refractivity contribution in [2.75, 3.05) is 31.2 Å². The molecule has 0 fully saturated rings. The van der Waals surface area contributed by atoms with Crippen LogP contribution < -0.4 is 23.8 Å². The number of amides is 1. The number of nitrogens with one attached hydrogen (secondary N) is 1. The fourth-order valence-corrected chi connectivity index (χ4v) is 5.36. The number of sulfonamides is 1. The van der Waals surface area contributed by atoms with Crippen LogP contribution in [0.25, 0.3) is 0 Å². The van der Waals surface area contributed by atoms with Crippen molar-refractivity contribution in [2.45, 2.75) is 17.9 Å². The van der Waals surface area contributed by atoms with Gasteiger partial charge < -0.3 is 19.5 Å². The molecule has 4 rings (SSSR count). The highest BCUT2D eigenvalue weighted by Gasteiger charge is 2.28. The van der Waals surface area contributed by atoms with Gasteiger partial charge in [0.1, 0.15) is 25.5 Å².